The van der Waals surface area contributed by atoms with Gasteiger partial charge in [0.1, 0.15) is 6.04 Å². The molecule has 0 heterocycles. The van der Waals surface area contributed by atoms with E-state index in [1.165, 1.54) is 34.6 Å². The van der Waals surface area contributed by atoms with E-state index in [0.717, 1.165) is 0 Å². The molecule has 0 fully saturated rings. The minimum Gasteiger partial charge on any atom is -0.454 e. The van der Waals surface area contributed by atoms with Crippen molar-refractivity contribution in [2.75, 3.05) is 26.2 Å². The monoisotopic (exact) mass is 453 g/mol. The van der Waals surface area contributed by atoms with E-state index < -0.39 is 40.5 Å². The molecule has 0 unspecified atom stereocenters. The molecule has 0 saturated heterocycles. The van der Waals surface area contributed by atoms with Crippen molar-refractivity contribution in [2.24, 2.45) is 5.92 Å². The number of nitrogens with zero attached hydrogens (tertiary/aromatic N) is 1. The lowest BCUT2D eigenvalue weighted by molar-refractivity contribution is -0.151. The standard InChI is InChI=1S/C21H31N3O6S/c1-6-12-22-18(25)14-30-21(27)19(15(4)5)23-20(26)16-10-9-11-17(13-16)31(28,29)24(7-2)8-3/h6,9-11,13,15,19H,1,7-8,12,14H2,2-5H3,(H,22,25)(H,23,26)/t19-/m0/s1. The van der Waals surface area contributed by atoms with Gasteiger partial charge in [0.15, 0.2) is 6.61 Å². The van der Waals surface area contributed by atoms with Crippen LogP contribution in [0.3, 0.4) is 0 Å². The number of benzene rings is 1. The third-order valence-corrected chi connectivity index (χ3v) is 6.48. The van der Waals surface area contributed by atoms with Gasteiger partial charge in [-0.05, 0) is 24.1 Å². The molecule has 0 spiro atoms. The summed E-state index contributed by atoms with van der Waals surface area (Å²) >= 11 is 0. The van der Waals surface area contributed by atoms with Crippen molar-refractivity contribution >= 4 is 27.8 Å². The van der Waals surface area contributed by atoms with Gasteiger partial charge in [-0.3, -0.25) is 9.59 Å². The largest absolute Gasteiger partial charge is 0.454 e. The Kier molecular flexibility index (Phi) is 10.4. The second-order valence-corrected chi connectivity index (χ2v) is 8.95. The van der Waals surface area contributed by atoms with Crippen molar-refractivity contribution < 1.29 is 27.5 Å². The van der Waals surface area contributed by atoms with Gasteiger partial charge in [-0.15, -0.1) is 6.58 Å². The number of sulfonamides is 1. The summed E-state index contributed by atoms with van der Waals surface area (Å²) in [5.41, 5.74) is 0.0930. The Morgan fingerprint density at radius 3 is 2.39 bits per heavy atom. The molecule has 0 aromatic heterocycles. The highest BCUT2D eigenvalue weighted by Crippen LogP contribution is 2.17. The highest BCUT2D eigenvalue weighted by molar-refractivity contribution is 7.89. The quantitative estimate of drug-likeness (QED) is 0.364. The molecule has 0 saturated carbocycles. The molecule has 1 aromatic rings. The Morgan fingerprint density at radius 1 is 1.19 bits per heavy atom. The first-order valence-electron chi connectivity index (χ1n) is 10.0. The van der Waals surface area contributed by atoms with E-state index in [1.807, 2.05) is 0 Å². The topological polar surface area (TPSA) is 122 Å². The van der Waals surface area contributed by atoms with Gasteiger partial charge in [-0.1, -0.05) is 39.8 Å². The Balaban J connectivity index is 2.95. The van der Waals surface area contributed by atoms with E-state index in [0.29, 0.717) is 13.1 Å². The average Bonchev–Trinajstić information content (AvgIpc) is 2.74. The van der Waals surface area contributed by atoms with Crippen LogP contribution in [-0.2, 0) is 24.3 Å². The summed E-state index contributed by atoms with van der Waals surface area (Å²) in [7, 11) is -3.73. The second kappa shape index (κ2) is 12.2. The van der Waals surface area contributed by atoms with E-state index in [-0.39, 0.29) is 22.9 Å². The Hall–Kier alpha value is -2.72. The Labute approximate surface area is 183 Å². The fraction of sp³-hybridized carbons (Fsp3) is 0.476. The van der Waals surface area contributed by atoms with Crippen molar-refractivity contribution in [3.05, 3.63) is 42.5 Å². The molecule has 1 rings (SSSR count). The number of amides is 2. The van der Waals surface area contributed by atoms with Gasteiger partial charge in [0.25, 0.3) is 11.8 Å². The molecule has 172 valence electrons. The normalized spacial score (nSPS) is 12.3. The molecular formula is C21H31N3O6S. The summed E-state index contributed by atoms with van der Waals surface area (Å²) in [5.74, 6) is -2.20. The fourth-order valence-corrected chi connectivity index (χ4v) is 4.20. The van der Waals surface area contributed by atoms with Gasteiger partial charge >= 0.3 is 5.97 Å². The maximum atomic E-state index is 12.7. The minimum absolute atomic E-state index is 0.00795. The Bertz CT molecular complexity index is 894. The van der Waals surface area contributed by atoms with Crippen LogP contribution in [0.5, 0.6) is 0 Å². The number of carbonyl (C=O) groups is 3. The molecule has 1 atom stereocenters. The highest BCUT2D eigenvalue weighted by atomic mass is 32.2. The van der Waals surface area contributed by atoms with Crippen molar-refractivity contribution in [3.8, 4) is 0 Å². The van der Waals surface area contributed by atoms with Crippen LogP contribution in [0.1, 0.15) is 38.1 Å². The summed E-state index contributed by atoms with van der Waals surface area (Å²) in [6.07, 6.45) is 1.49. The lowest BCUT2D eigenvalue weighted by Crippen LogP contribution is -2.46. The van der Waals surface area contributed by atoms with Crippen LogP contribution in [0, 0.1) is 5.92 Å². The predicted molar refractivity (Wildman–Crippen MR) is 117 cm³/mol. The average molecular weight is 454 g/mol. The fourth-order valence-electron chi connectivity index (χ4n) is 2.70. The number of hydrogen-bond donors (Lipinski definition) is 2. The molecule has 1 aromatic carbocycles. The number of carbonyl (C=O) groups excluding carboxylic acids is 3. The summed E-state index contributed by atoms with van der Waals surface area (Å²) < 4.78 is 31.7. The van der Waals surface area contributed by atoms with E-state index in [9.17, 15) is 22.8 Å². The smallest absolute Gasteiger partial charge is 0.329 e. The lowest BCUT2D eigenvalue weighted by atomic mass is 10.0. The van der Waals surface area contributed by atoms with Gasteiger partial charge in [0.05, 0.1) is 4.90 Å². The van der Waals surface area contributed by atoms with Crippen molar-refractivity contribution in [1.29, 1.82) is 0 Å². The number of ether oxygens (including phenoxy) is 1. The first-order chi connectivity index (χ1) is 14.6. The maximum absolute atomic E-state index is 12.7. The molecule has 9 nitrogen and oxygen atoms in total. The summed E-state index contributed by atoms with van der Waals surface area (Å²) in [5, 5.41) is 5.04. The molecule has 0 bridgehead atoms. The first kappa shape index (κ1) is 26.3. The second-order valence-electron chi connectivity index (χ2n) is 7.01. The van der Waals surface area contributed by atoms with Crippen LogP contribution in [0.25, 0.3) is 0 Å². The van der Waals surface area contributed by atoms with Gasteiger partial charge in [-0.2, -0.15) is 4.31 Å². The van der Waals surface area contributed by atoms with Crippen molar-refractivity contribution in [1.82, 2.24) is 14.9 Å². The molecule has 0 radical (unpaired) electrons. The summed E-state index contributed by atoms with van der Waals surface area (Å²) in [6, 6.07) is 4.61. The number of esters is 1. The molecular weight excluding hydrogens is 422 g/mol. The van der Waals surface area contributed by atoms with Crippen LogP contribution in [-0.4, -0.2) is 62.8 Å². The van der Waals surface area contributed by atoms with Gasteiger partial charge in [-0.25, -0.2) is 13.2 Å². The molecule has 0 aliphatic carbocycles. The van der Waals surface area contributed by atoms with Crippen molar-refractivity contribution in [2.45, 2.75) is 38.6 Å². The number of rotatable bonds is 12. The summed E-state index contributed by atoms with van der Waals surface area (Å²) in [4.78, 5) is 36.7. The molecule has 31 heavy (non-hydrogen) atoms. The molecule has 2 amide bonds. The zero-order valence-corrected chi connectivity index (χ0v) is 19.2. The molecule has 0 aliphatic heterocycles. The van der Waals surface area contributed by atoms with Crippen molar-refractivity contribution in [3.63, 3.8) is 0 Å². The number of nitrogens with one attached hydrogen (secondary N) is 2. The van der Waals surface area contributed by atoms with Gasteiger partial charge in [0.2, 0.25) is 10.0 Å². The SMILES string of the molecule is C=CCNC(=O)COC(=O)[C@@H](NC(=O)c1cccc(S(=O)(=O)N(CC)CC)c1)C(C)C. The minimum atomic E-state index is -3.73. The van der Waals surface area contributed by atoms with Crippen LogP contribution < -0.4 is 10.6 Å². The number of hydrogen-bond acceptors (Lipinski definition) is 6. The third-order valence-electron chi connectivity index (χ3n) is 4.44. The maximum Gasteiger partial charge on any atom is 0.329 e. The highest BCUT2D eigenvalue weighted by Gasteiger charge is 2.28. The molecule has 2 N–H and O–H groups in total. The van der Waals surface area contributed by atoms with Crippen LogP contribution in [0.2, 0.25) is 0 Å². The summed E-state index contributed by atoms with van der Waals surface area (Å²) in [6.45, 7) is 10.7. The zero-order chi connectivity index (χ0) is 23.6. The van der Waals surface area contributed by atoms with Crippen LogP contribution in [0.4, 0.5) is 0 Å². The molecule has 0 aliphatic rings. The van der Waals surface area contributed by atoms with E-state index in [4.69, 9.17) is 4.74 Å². The first-order valence-corrected chi connectivity index (χ1v) is 11.5. The van der Waals surface area contributed by atoms with E-state index in [2.05, 4.69) is 17.2 Å². The Morgan fingerprint density at radius 2 is 1.84 bits per heavy atom. The van der Waals surface area contributed by atoms with E-state index >= 15 is 0 Å². The zero-order valence-electron chi connectivity index (χ0n) is 18.4. The van der Waals surface area contributed by atoms with E-state index in [1.54, 1.807) is 27.7 Å². The lowest BCUT2D eigenvalue weighted by Gasteiger charge is -2.21. The third kappa shape index (κ3) is 7.48. The molecule has 10 heteroatoms. The van der Waals surface area contributed by atoms with Crippen LogP contribution in [0.15, 0.2) is 41.8 Å². The predicted octanol–water partition coefficient (Wildman–Crippen LogP) is 1.32. The van der Waals surface area contributed by atoms with Gasteiger partial charge < -0.3 is 15.4 Å². The van der Waals surface area contributed by atoms with Gasteiger partial charge in [0, 0.05) is 25.2 Å². The van der Waals surface area contributed by atoms with Crippen LogP contribution >= 0.6 is 0 Å².